The molecular weight excluding hydrogens is 228 g/mol. The average Bonchev–Trinajstić information content (AvgIpc) is 2.79. The molecule has 4 nitrogen and oxygen atoms in total. The van der Waals surface area contributed by atoms with E-state index in [-0.39, 0.29) is 5.41 Å². The molecule has 0 aliphatic heterocycles. The molecule has 0 amide bonds. The summed E-state index contributed by atoms with van der Waals surface area (Å²) in [6.45, 7) is 8.35. The molecule has 0 bridgehead atoms. The van der Waals surface area contributed by atoms with Crippen LogP contribution >= 0.6 is 0 Å². The van der Waals surface area contributed by atoms with E-state index in [0.717, 1.165) is 11.3 Å². The first-order valence-corrected chi connectivity index (χ1v) is 5.94. The summed E-state index contributed by atoms with van der Waals surface area (Å²) in [5.41, 5.74) is 2.79. The summed E-state index contributed by atoms with van der Waals surface area (Å²) in [6.07, 6.45) is 3.79. The van der Waals surface area contributed by atoms with E-state index in [4.69, 9.17) is 4.42 Å². The van der Waals surface area contributed by atoms with Gasteiger partial charge >= 0.3 is 0 Å². The van der Waals surface area contributed by atoms with E-state index in [1.54, 1.807) is 6.20 Å². The number of nitrogens with zero attached hydrogens (tertiary/aromatic N) is 2. The van der Waals surface area contributed by atoms with E-state index in [1.165, 1.54) is 12.5 Å². The Morgan fingerprint density at radius 3 is 2.50 bits per heavy atom. The highest BCUT2D eigenvalue weighted by atomic mass is 16.4. The predicted molar refractivity (Wildman–Crippen MR) is 68.2 cm³/mol. The van der Waals surface area contributed by atoms with Crippen LogP contribution in [0.3, 0.4) is 0 Å². The fraction of sp³-hybridized carbons (Fsp3) is 0.429. The third kappa shape index (κ3) is 2.43. The number of aromatic nitrogens is 2. The van der Waals surface area contributed by atoms with Gasteiger partial charge in [-0.2, -0.15) is 0 Å². The summed E-state index contributed by atoms with van der Waals surface area (Å²) in [5.74, 6) is 0.291. The molecule has 0 aliphatic carbocycles. The minimum absolute atomic E-state index is 0.00347. The Labute approximate surface area is 107 Å². The van der Waals surface area contributed by atoms with Crippen molar-refractivity contribution in [1.29, 1.82) is 0 Å². The fourth-order valence-corrected chi connectivity index (χ4v) is 2.04. The molecule has 1 atom stereocenters. The maximum absolute atomic E-state index is 10.1. The van der Waals surface area contributed by atoms with Crippen LogP contribution in [0.25, 0.3) is 0 Å². The van der Waals surface area contributed by atoms with Crippen LogP contribution in [0.5, 0.6) is 0 Å². The Hall–Kier alpha value is -1.68. The van der Waals surface area contributed by atoms with Gasteiger partial charge in [-0.1, -0.05) is 20.8 Å². The molecule has 2 rings (SSSR count). The number of rotatable bonds is 2. The highest BCUT2D eigenvalue weighted by Gasteiger charge is 2.21. The van der Waals surface area contributed by atoms with Gasteiger partial charge in [-0.05, 0) is 18.6 Å². The zero-order chi connectivity index (χ0) is 13.3. The van der Waals surface area contributed by atoms with Crippen LogP contribution in [-0.4, -0.2) is 15.1 Å². The third-order valence-corrected chi connectivity index (χ3v) is 2.81. The molecular formula is C14H18N2O2. The van der Waals surface area contributed by atoms with E-state index in [0.29, 0.717) is 11.5 Å². The molecule has 1 N–H and O–H groups in total. The molecule has 1 unspecified atom stereocenters. The minimum atomic E-state index is -0.861. The fourth-order valence-electron chi connectivity index (χ4n) is 2.04. The van der Waals surface area contributed by atoms with Crippen LogP contribution in [0, 0.1) is 6.92 Å². The van der Waals surface area contributed by atoms with Crippen LogP contribution in [0.1, 0.15) is 49.6 Å². The molecule has 2 aromatic heterocycles. The van der Waals surface area contributed by atoms with Crippen LogP contribution < -0.4 is 0 Å². The van der Waals surface area contributed by atoms with Crippen LogP contribution in [0.4, 0.5) is 0 Å². The normalized spacial score (nSPS) is 13.6. The topological polar surface area (TPSA) is 59.2 Å². The van der Waals surface area contributed by atoms with Gasteiger partial charge in [0, 0.05) is 22.9 Å². The van der Waals surface area contributed by atoms with Crippen molar-refractivity contribution in [2.45, 2.75) is 39.2 Å². The smallest absolute Gasteiger partial charge is 0.227 e. The van der Waals surface area contributed by atoms with Gasteiger partial charge in [0.25, 0.3) is 0 Å². The second-order valence-corrected chi connectivity index (χ2v) is 5.46. The highest BCUT2D eigenvalue weighted by molar-refractivity contribution is 5.31. The lowest BCUT2D eigenvalue weighted by Gasteiger charge is -2.21. The maximum Gasteiger partial charge on any atom is 0.227 e. The molecule has 2 heterocycles. The molecule has 4 heteroatoms. The van der Waals surface area contributed by atoms with E-state index in [1.807, 2.05) is 13.0 Å². The van der Waals surface area contributed by atoms with Crippen molar-refractivity contribution < 1.29 is 9.52 Å². The minimum Gasteiger partial charge on any atom is -0.446 e. The Morgan fingerprint density at radius 1 is 1.28 bits per heavy atom. The third-order valence-electron chi connectivity index (χ3n) is 2.81. The zero-order valence-electron chi connectivity index (χ0n) is 11.1. The van der Waals surface area contributed by atoms with Crippen molar-refractivity contribution in [3.63, 3.8) is 0 Å². The molecule has 0 aromatic carbocycles. The first-order valence-electron chi connectivity index (χ1n) is 5.94. The predicted octanol–water partition coefficient (Wildman–Crippen LogP) is 2.76. The Bertz CT molecular complexity index is 527. The lowest BCUT2D eigenvalue weighted by molar-refractivity contribution is 0.182. The Balaban J connectivity index is 2.35. The summed E-state index contributed by atoms with van der Waals surface area (Å²) in [6, 6.07) is 1.93. The average molecular weight is 246 g/mol. The van der Waals surface area contributed by atoms with Gasteiger partial charge in [-0.25, -0.2) is 4.98 Å². The molecule has 0 fully saturated rings. The zero-order valence-corrected chi connectivity index (χ0v) is 11.1. The van der Waals surface area contributed by atoms with Gasteiger partial charge in [0.2, 0.25) is 5.89 Å². The number of oxazole rings is 1. The van der Waals surface area contributed by atoms with Crippen LogP contribution in [-0.2, 0) is 5.41 Å². The van der Waals surface area contributed by atoms with Gasteiger partial charge in [0.1, 0.15) is 6.26 Å². The summed E-state index contributed by atoms with van der Waals surface area (Å²) >= 11 is 0. The lowest BCUT2D eigenvalue weighted by Crippen LogP contribution is -2.16. The van der Waals surface area contributed by atoms with Gasteiger partial charge in [-0.3, -0.25) is 4.98 Å². The van der Waals surface area contributed by atoms with Crippen LogP contribution in [0.2, 0.25) is 0 Å². The number of hydrogen-bond acceptors (Lipinski definition) is 4. The largest absolute Gasteiger partial charge is 0.446 e. The summed E-state index contributed by atoms with van der Waals surface area (Å²) in [4.78, 5) is 8.40. The summed E-state index contributed by atoms with van der Waals surface area (Å²) in [7, 11) is 0. The van der Waals surface area contributed by atoms with E-state index < -0.39 is 6.10 Å². The molecule has 18 heavy (non-hydrogen) atoms. The van der Waals surface area contributed by atoms with Gasteiger partial charge in [0.05, 0.1) is 6.20 Å². The standard InChI is InChI=1S/C14H18N2O2/c1-9-7-10(8-16-12(9)14(2,3)4)11(17)13-15-5-6-18-13/h5-8,11,17H,1-4H3. The van der Waals surface area contributed by atoms with E-state index >= 15 is 0 Å². The number of hydrogen-bond donors (Lipinski definition) is 1. The van der Waals surface area contributed by atoms with Crippen molar-refractivity contribution in [2.24, 2.45) is 0 Å². The maximum atomic E-state index is 10.1. The van der Waals surface area contributed by atoms with Gasteiger partial charge < -0.3 is 9.52 Å². The number of aliphatic hydroxyl groups is 1. The lowest BCUT2D eigenvalue weighted by atomic mass is 9.88. The highest BCUT2D eigenvalue weighted by Crippen LogP contribution is 2.27. The first-order chi connectivity index (χ1) is 8.39. The molecule has 2 aromatic rings. The van der Waals surface area contributed by atoms with Crippen molar-refractivity contribution in [3.05, 3.63) is 47.4 Å². The van der Waals surface area contributed by atoms with E-state index in [2.05, 4.69) is 30.7 Å². The molecule has 0 saturated heterocycles. The molecule has 0 saturated carbocycles. The summed E-state index contributed by atoms with van der Waals surface area (Å²) in [5, 5.41) is 10.1. The second-order valence-electron chi connectivity index (χ2n) is 5.46. The monoisotopic (exact) mass is 246 g/mol. The van der Waals surface area contributed by atoms with Gasteiger partial charge in [-0.15, -0.1) is 0 Å². The molecule has 0 spiro atoms. The van der Waals surface area contributed by atoms with Gasteiger partial charge in [0.15, 0.2) is 6.10 Å². The van der Waals surface area contributed by atoms with E-state index in [9.17, 15) is 5.11 Å². The Kier molecular flexibility index (Phi) is 3.22. The number of pyridine rings is 1. The SMILES string of the molecule is Cc1cc(C(O)c2ncco2)cnc1C(C)(C)C. The quantitative estimate of drug-likeness (QED) is 0.885. The molecule has 96 valence electrons. The second kappa shape index (κ2) is 4.53. The first kappa shape index (κ1) is 12.8. The van der Waals surface area contributed by atoms with Crippen molar-refractivity contribution in [1.82, 2.24) is 9.97 Å². The summed E-state index contributed by atoms with van der Waals surface area (Å²) < 4.78 is 5.10. The molecule has 0 aliphatic rings. The van der Waals surface area contributed by atoms with Crippen LogP contribution in [0.15, 0.2) is 29.1 Å². The number of aliphatic hydroxyl groups excluding tert-OH is 1. The number of aryl methyl sites for hydroxylation is 1. The van der Waals surface area contributed by atoms with Crippen molar-refractivity contribution in [2.75, 3.05) is 0 Å². The molecule has 0 radical (unpaired) electrons. The van der Waals surface area contributed by atoms with Crippen molar-refractivity contribution >= 4 is 0 Å². The Morgan fingerprint density at radius 2 is 2.00 bits per heavy atom. The van der Waals surface area contributed by atoms with Crippen molar-refractivity contribution in [3.8, 4) is 0 Å².